The summed E-state index contributed by atoms with van der Waals surface area (Å²) in [6.45, 7) is 6.63. The Kier molecular flexibility index (Phi) is 5.53. The molecule has 4 atom stereocenters. The number of rotatable bonds is 4. The number of nitrogens with two attached hydrogens (primary N) is 1. The number of benzene rings is 1. The molecule has 2 aliphatic carbocycles. The van der Waals surface area contributed by atoms with Gasteiger partial charge >= 0.3 is 12.3 Å². The largest absolute Gasteiger partial charge is 0.444 e. The van der Waals surface area contributed by atoms with Crippen LogP contribution in [0.3, 0.4) is 0 Å². The molecule has 0 radical (unpaired) electrons. The van der Waals surface area contributed by atoms with E-state index in [0.717, 1.165) is 18.6 Å². The van der Waals surface area contributed by atoms with Gasteiger partial charge in [-0.25, -0.2) is 13.9 Å². The number of nitriles is 1. The Hall–Kier alpha value is -4.08. The van der Waals surface area contributed by atoms with Crippen LogP contribution in [0.15, 0.2) is 30.6 Å². The lowest BCUT2D eigenvalue weighted by molar-refractivity contribution is -0.137. The van der Waals surface area contributed by atoms with Crippen molar-refractivity contribution >= 4 is 11.9 Å². The molecule has 1 amide bonds. The molecule has 3 fully saturated rings. The Balaban J connectivity index is 1.18. The Morgan fingerprint density at radius 1 is 1.27 bits per heavy atom. The lowest BCUT2D eigenvalue weighted by Gasteiger charge is -2.37. The van der Waals surface area contributed by atoms with Gasteiger partial charge in [-0.2, -0.15) is 28.6 Å². The zero-order valence-corrected chi connectivity index (χ0v) is 22.0. The van der Waals surface area contributed by atoms with E-state index in [0.29, 0.717) is 42.2 Å². The normalized spacial score (nSPS) is 25.1. The zero-order valence-electron chi connectivity index (χ0n) is 22.0. The Bertz CT molecular complexity index is 1560. The van der Waals surface area contributed by atoms with E-state index in [9.17, 15) is 27.6 Å². The number of carbonyl (C=O) groups excluding carboxylic acids is 1. The molecule has 1 aromatic carbocycles. The van der Waals surface area contributed by atoms with Crippen LogP contribution in [-0.2, 0) is 17.5 Å². The number of aromatic nitrogens is 4. The first-order valence-corrected chi connectivity index (χ1v) is 12.9. The van der Waals surface area contributed by atoms with Gasteiger partial charge in [0.2, 0.25) is 0 Å². The molecule has 1 spiro atoms. The fourth-order valence-corrected chi connectivity index (χ4v) is 6.53. The monoisotopic (exact) mass is 557 g/mol. The lowest BCUT2D eigenvalue weighted by atomic mass is 9.80. The fraction of sp³-hybridized carbons (Fsp3) is 0.481. The van der Waals surface area contributed by atoms with E-state index in [1.54, 1.807) is 9.58 Å². The van der Waals surface area contributed by atoms with Gasteiger partial charge in [0.1, 0.15) is 34.6 Å². The van der Waals surface area contributed by atoms with Crippen LogP contribution in [0.5, 0.6) is 0 Å². The summed E-state index contributed by atoms with van der Waals surface area (Å²) in [5, 5.41) is 18.7. The third-order valence-corrected chi connectivity index (χ3v) is 8.19. The van der Waals surface area contributed by atoms with Crippen molar-refractivity contribution in [3.05, 3.63) is 53.1 Å². The minimum absolute atomic E-state index is 0.00485. The second-order valence-corrected chi connectivity index (χ2v) is 11.9. The summed E-state index contributed by atoms with van der Waals surface area (Å²) in [7, 11) is 0. The molecule has 1 aliphatic heterocycles. The topological polar surface area (TPSA) is 115 Å². The van der Waals surface area contributed by atoms with E-state index >= 15 is 0 Å². The first kappa shape index (κ1) is 26.2. The highest BCUT2D eigenvalue weighted by Gasteiger charge is 2.79. The maximum Gasteiger partial charge on any atom is 0.416 e. The molecule has 1 saturated heterocycles. The summed E-state index contributed by atoms with van der Waals surface area (Å²) in [6.07, 6.45) is -1.22. The number of anilines is 1. The van der Waals surface area contributed by atoms with Crippen LogP contribution in [0.1, 0.15) is 49.9 Å². The number of nitrogens with zero attached hydrogens (tertiary/aromatic N) is 6. The van der Waals surface area contributed by atoms with Crippen molar-refractivity contribution in [2.75, 3.05) is 18.8 Å². The third-order valence-electron chi connectivity index (χ3n) is 8.19. The number of likely N-dealkylation sites (tertiary alicyclic amines) is 1. The van der Waals surface area contributed by atoms with Crippen LogP contribution in [-0.4, -0.2) is 49.2 Å². The maximum absolute atomic E-state index is 13.8. The third kappa shape index (κ3) is 4.17. The van der Waals surface area contributed by atoms with Crippen molar-refractivity contribution in [1.29, 1.82) is 5.26 Å². The standard InChI is InChI=1S/C27H27F4N7O2/c1-25(2,3)40-24(39)36-12-19-21-20(7-26(19,21)13-36)38-23(33)18(8-32)22(35-38)15-9-34-37(11-15)10-14-4-16(27(29,30)31)6-17(28)5-14/h4-6,9,11,19-21H,7,10,12-13,33H2,1-3H3/t19?,20-,21?,26+/m1/s1. The van der Waals surface area contributed by atoms with Gasteiger partial charge < -0.3 is 15.4 Å². The average Bonchev–Trinajstić information content (AvgIpc) is 3.32. The number of piperidine rings is 1. The lowest BCUT2D eigenvalue weighted by Crippen LogP contribution is -2.42. The van der Waals surface area contributed by atoms with Crippen LogP contribution >= 0.6 is 0 Å². The highest BCUT2D eigenvalue weighted by Crippen LogP contribution is 2.79. The molecule has 2 saturated carbocycles. The molecule has 210 valence electrons. The first-order chi connectivity index (χ1) is 18.7. The molecule has 3 aliphatic rings. The van der Waals surface area contributed by atoms with Crippen molar-refractivity contribution in [3.8, 4) is 17.3 Å². The summed E-state index contributed by atoms with van der Waals surface area (Å²) in [5.74, 6) is -0.142. The second kappa shape index (κ2) is 8.46. The summed E-state index contributed by atoms with van der Waals surface area (Å²) in [5.41, 5.74) is 5.81. The van der Waals surface area contributed by atoms with Crippen LogP contribution in [0.25, 0.3) is 11.3 Å². The molecule has 2 aromatic heterocycles. The van der Waals surface area contributed by atoms with Crippen LogP contribution in [0.4, 0.5) is 28.2 Å². The van der Waals surface area contributed by atoms with Crippen molar-refractivity contribution in [2.24, 2.45) is 17.3 Å². The Morgan fingerprint density at radius 3 is 2.67 bits per heavy atom. The summed E-state index contributed by atoms with van der Waals surface area (Å²) < 4.78 is 61.6. The van der Waals surface area contributed by atoms with Crippen LogP contribution < -0.4 is 5.73 Å². The van der Waals surface area contributed by atoms with Gasteiger partial charge in [-0.3, -0.25) is 4.68 Å². The number of nitrogen functional groups attached to an aromatic ring is 1. The molecule has 2 N–H and O–H groups in total. The minimum Gasteiger partial charge on any atom is -0.444 e. The van der Waals surface area contributed by atoms with Crippen molar-refractivity contribution in [3.63, 3.8) is 0 Å². The number of halogens is 4. The maximum atomic E-state index is 13.8. The smallest absolute Gasteiger partial charge is 0.416 e. The molecule has 40 heavy (non-hydrogen) atoms. The second-order valence-electron chi connectivity index (χ2n) is 11.9. The zero-order chi connectivity index (χ0) is 28.8. The highest BCUT2D eigenvalue weighted by molar-refractivity contribution is 5.72. The first-order valence-electron chi connectivity index (χ1n) is 12.9. The summed E-state index contributed by atoms with van der Waals surface area (Å²) in [6, 6.07) is 4.44. The molecular weight excluding hydrogens is 530 g/mol. The molecule has 6 rings (SSSR count). The quantitative estimate of drug-likeness (QED) is 0.460. The number of alkyl halides is 3. The van der Waals surface area contributed by atoms with E-state index in [1.807, 2.05) is 20.8 Å². The predicted molar refractivity (Wildman–Crippen MR) is 134 cm³/mol. The molecular formula is C27H27F4N7O2. The van der Waals surface area contributed by atoms with E-state index in [1.165, 1.54) is 17.1 Å². The summed E-state index contributed by atoms with van der Waals surface area (Å²) in [4.78, 5) is 14.3. The van der Waals surface area contributed by atoms with Crippen molar-refractivity contribution < 1.29 is 27.1 Å². The predicted octanol–water partition coefficient (Wildman–Crippen LogP) is 4.83. The number of carbonyl (C=O) groups is 1. The van der Waals surface area contributed by atoms with Gasteiger partial charge in [0.25, 0.3) is 0 Å². The molecule has 13 heteroatoms. The molecule has 2 unspecified atom stereocenters. The minimum atomic E-state index is -4.67. The van der Waals surface area contributed by atoms with E-state index < -0.39 is 23.2 Å². The number of amides is 1. The Labute approximate surface area is 227 Å². The van der Waals surface area contributed by atoms with Gasteiger partial charge in [-0.15, -0.1) is 0 Å². The highest BCUT2D eigenvalue weighted by atomic mass is 19.4. The number of ether oxygens (including phenoxy) is 1. The van der Waals surface area contributed by atoms with Gasteiger partial charge in [-0.1, -0.05) is 0 Å². The van der Waals surface area contributed by atoms with Gasteiger partial charge in [-0.05, 0) is 62.8 Å². The fourth-order valence-electron chi connectivity index (χ4n) is 6.53. The molecule has 3 heterocycles. The van der Waals surface area contributed by atoms with E-state index in [2.05, 4.69) is 16.3 Å². The van der Waals surface area contributed by atoms with Crippen LogP contribution in [0.2, 0.25) is 0 Å². The van der Waals surface area contributed by atoms with Gasteiger partial charge in [0.15, 0.2) is 0 Å². The number of hydrogen-bond acceptors (Lipinski definition) is 6. The van der Waals surface area contributed by atoms with Gasteiger partial charge in [0, 0.05) is 30.3 Å². The van der Waals surface area contributed by atoms with Crippen molar-refractivity contribution in [1.82, 2.24) is 24.5 Å². The summed E-state index contributed by atoms with van der Waals surface area (Å²) >= 11 is 0. The SMILES string of the molecule is CC(C)(C)OC(=O)N1CC2C3[C@H](n4nc(-c5cnn(Cc6cc(F)cc(C(F)(F)F)c6)c5)c(C#N)c4N)C[C@]23C1. The number of fused-ring (bicyclic) bond motifs is 1. The number of hydrogen-bond donors (Lipinski definition) is 1. The van der Waals surface area contributed by atoms with E-state index in [4.69, 9.17) is 10.5 Å². The Morgan fingerprint density at radius 2 is 2.02 bits per heavy atom. The molecule has 0 bridgehead atoms. The van der Waals surface area contributed by atoms with E-state index in [-0.39, 0.29) is 41.0 Å². The van der Waals surface area contributed by atoms with Gasteiger partial charge in [0.05, 0.1) is 24.3 Å². The van der Waals surface area contributed by atoms with Crippen LogP contribution in [0, 0.1) is 34.4 Å². The average molecular weight is 558 g/mol. The molecule has 9 nitrogen and oxygen atoms in total. The van der Waals surface area contributed by atoms with Crippen molar-refractivity contribution in [2.45, 2.75) is 51.6 Å². The molecule has 3 aromatic rings.